The van der Waals surface area contributed by atoms with Gasteiger partial charge in [0.05, 0.1) is 0 Å². The third-order valence-corrected chi connectivity index (χ3v) is 4.94. The molecule has 2 fully saturated rings. The van der Waals surface area contributed by atoms with Crippen LogP contribution < -0.4 is 5.32 Å². The van der Waals surface area contributed by atoms with Crippen LogP contribution in [0.5, 0.6) is 0 Å². The molecule has 2 aromatic rings. The number of likely N-dealkylation sites (tertiary alicyclic amines) is 1. The van der Waals surface area contributed by atoms with E-state index in [9.17, 15) is 0 Å². The van der Waals surface area contributed by atoms with Gasteiger partial charge in [0.1, 0.15) is 5.82 Å². The first-order valence-corrected chi connectivity index (χ1v) is 8.89. The van der Waals surface area contributed by atoms with E-state index in [2.05, 4.69) is 63.9 Å². The van der Waals surface area contributed by atoms with Gasteiger partial charge < -0.3 is 5.32 Å². The summed E-state index contributed by atoms with van der Waals surface area (Å²) in [5.74, 6) is 1.03. The Bertz CT molecular complexity index is 619. The monoisotopic (exact) mass is 307 g/mol. The van der Waals surface area contributed by atoms with Crippen LogP contribution in [0.2, 0.25) is 0 Å². The van der Waals surface area contributed by atoms with Crippen molar-refractivity contribution in [2.24, 2.45) is 0 Å². The van der Waals surface area contributed by atoms with Crippen LogP contribution in [0.25, 0.3) is 0 Å². The largest absolute Gasteiger partial charge is 0.367 e. The lowest BCUT2D eigenvalue weighted by Gasteiger charge is -2.36. The van der Waals surface area contributed by atoms with E-state index in [4.69, 9.17) is 0 Å². The van der Waals surface area contributed by atoms with Crippen molar-refractivity contribution in [1.29, 1.82) is 0 Å². The minimum atomic E-state index is 0.506. The average molecular weight is 307 g/mol. The second kappa shape index (κ2) is 6.71. The number of pyridine rings is 1. The second-order valence-electron chi connectivity index (χ2n) is 6.86. The van der Waals surface area contributed by atoms with Crippen LogP contribution in [0.4, 0.5) is 5.82 Å². The summed E-state index contributed by atoms with van der Waals surface area (Å²) in [6.07, 6.45) is 8.52. The zero-order valence-electron chi connectivity index (χ0n) is 13.6. The summed E-state index contributed by atoms with van der Waals surface area (Å²) in [4.78, 5) is 7.25. The van der Waals surface area contributed by atoms with Crippen molar-refractivity contribution in [1.82, 2.24) is 9.88 Å². The van der Waals surface area contributed by atoms with Gasteiger partial charge in [-0.2, -0.15) is 0 Å². The standard InChI is InChI=1S/C20H25N3/c1-2-6-16(7-3-1)15-23-13-5-4-8-19(23)17-9-12-20(21-14-17)22-18-10-11-18/h1-3,6-7,9,12,14,18-19H,4-5,8,10-11,13,15H2,(H,21,22)/t19-/m1/s1. The molecule has 3 nitrogen and oxygen atoms in total. The van der Waals surface area contributed by atoms with Crippen molar-refractivity contribution in [2.75, 3.05) is 11.9 Å². The lowest BCUT2D eigenvalue weighted by Crippen LogP contribution is -2.33. The number of piperidine rings is 1. The number of hydrogen-bond donors (Lipinski definition) is 1. The number of aromatic nitrogens is 1. The quantitative estimate of drug-likeness (QED) is 0.888. The van der Waals surface area contributed by atoms with Gasteiger partial charge in [-0.25, -0.2) is 4.98 Å². The molecular weight excluding hydrogens is 282 g/mol. The smallest absolute Gasteiger partial charge is 0.126 e. The third-order valence-electron chi connectivity index (χ3n) is 4.94. The molecule has 1 aromatic carbocycles. The van der Waals surface area contributed by atoms with Gasteiger partial charge in [0.2, 0.25) is 0 Å². The molecule has 1 aliphatic heterocycles. The van der Waals surface area contributed by atoms with Crippen molar-refractivity contribution in [2.45, 2.75) is 50.7 Å². The fourth-order valence-electron chi connectivity index (χ4n) is 3.50. The Balaban J connectivity index is 1.47. The Hall–Kier alpha value is -1.87. The van der Waals surface area contributed by atoms with Gasteiger partial charge in [0.25, 0.3) is 0 Å². The highest BCUT2D eigenvalue weighted by Crippen LogP contribution is 2.32. The van der Waals surface area contributed by atoms with Gasteiger partial charge in [0, 0.05) is 24.8 Å². The fraction of sp³-hybridized carbons (Fsp3) is 0.450. The zero-order chi connectivity index (χ0) is 15.5. The van der Waals surface area contributed by atoms with Crippen molar-refractivity contribution in [3.05, 3.63) is 59.8 Å². The molecule has 1 atom stereocenters. The first-order chi connectivity index (χ1) is 11.4. The first-order valence-electron chi connectivity index (χ1n) is 8.89. The third kappa shape index (κ3) is 3.73. The summed E-state index contributed by atoms with van der Waals surface area (Å²) < 4.78 is 0. The fourth-order valence-corrected chi connectivity index (χ4v) is 3.50. The van der Waals surface area contributed by atoms with Gasteiger partial charge in [-0.3, -0.25) is 4.90 Å². The van der Waals surface area contributed by atoms with E-state index in [0.717, 1.165) is 12.4 Å². The Morgan fingerprint density at radius 3 is 2.61 bits per heavy atom. The predicted molar refractivity (Wildman–Crippen MR) is 94.3 cm³/mol. The number of hydrogen-bond acceptors (Lipinski definition) is 3. The van der Waals surface area contributed by atoms with Crippen molar-refractivity contribution in [3.63, 3.8) is 0 Å². The van der Waals surface area contributed by atoms with Gasteiger partial charge in [-0.1, -0.05) is 42.8 Å². The SMILES string of the molecule is c1ccc(CN2CCCC[C@@H]2c2ccc(NC3CC3)nc2)cc1. The Morgan fingerprint density at radius 2 is 1.87 bits per heavy atom. The molecule has 0 spiro atoms. The van der Waals surface area contributed by atoms with E-state index in [-0.39, 0.29) is 0 Å². The van der Waals surface area contributed by atoms with E-state index >= 15 is 0 Å². The molecule has 3 heteroatoms. The molecule has 120 valence electrons. The zero-order valence-corrected chi connectivity index (χ0v) is 13.6. The van der Waals surface area contributed by atoms with Gasteiger partial charge in [0.15, 0.2) is 0 Å². The Morgan fingerprint density at radius 1 is 1.00 bits per heavy atom. The lowest BCUT2D eigenvalue weighted by atomic mass is 9.95. The summed E-state index contributed by atoms with van der Waals surface area (Å²) in [7, 11) is 0. The minimum Gasteiger partial charge on any atom is -0.367 e. The molecule has 1 aliphatic carbocycles. The molecule has 23 heavy (non-hydrogen) atoms. The molecular formula is C20H25N3. The number of rotatable bonds is 5. The topological polar surface area (TPSA) is 28.2 Å². The normalized spacial score (nSPS) is 22.0. The summed E-state index contributed by atoms with van der Waals surface area (Å²) in [6, 6.07) is 16.4. The maximum Gasteiger partial charge on any atom is 0.126 e. The molecule has 1 saturated carbocycles. The average Bonchev–Trinajstić information content (AvgIpc) is 3.41. The second-order valence-corrected chi connectivity index (χ2v) is 6.86. The van der Waals surface area contributed by atoms with Gasteiger partial charge in [-0.05, 0) is 49.4 Å². The highest BCUT2D eigenvalue weighted by molar-refractivity contribution is 5.38. The Kier molecular flexibility index (Phi) is 4.29. The molecule has 2 heterocycles. The predicted octanol–water partition coefficient (Wildman–Crippen LogP) is 4.38. The number of anilines is 1. The molecule has 2 aliphatic rings. The molecule has 0 radical (unpaired) electrons. The van der Waals surface area contributed by atoms with Crippen LogP contribution in [-0.2, 0) is 6.54 Å². The Labute approximate surface area is 138 Å². The van der Waals surface area contributed by atoms with Crippen LogP contribution in [0, 0.1) is 0 Å². The van der Waals surface area contributed by atoms with Gasteiger partial charge in [-0.15, -0.1) is 0 Å². The van der Waals surface area contributed by atoms with Crippen molar-refractivity contribution >= 4 is 5.82 Å². The summed E-state index contributed by atoms with van der Waals surface area (Å²) in [5, 5.41) is 3.47. The van der Waals surface area contributed by atoms with E-state index in [1.807, 2.05) is 0 Å². The van der Waals surface area contributed by atoms with Crippen molar-refractivity contribution in [3.8, 4) is 0 Å². The molecule has 0 unspecified atom stereocenters. The molecule has 1 aromatic heterocycles. The van der Waals surface area contributed by atoms with Gasteiger partial charge >= 0.3 is 0 Å². The van der Waals surface area contributed by atoms with E-state index in [1.165, 1.54) is 49.8 Å². The minimum absolute atomic E-state index is 0.506. The van der Waals surface area contributed by atoms with Crippen molar-refractivity contribution < 1.29 is 0 Å². The summed E-state index contributed by atoms with van der Waals surface area (Å²) in [5.41, 5.74) is 2.77. The number of nitrogens with zero attached hydrogens (tertiary/aromatic N) is 2. The molecule has 4 rings (SSSR count). The number of nitrogens with one attached hydrogen (secondary N) is 1. The molecule has 0 amide bonds. The lowest BCUT2D eigenvalue weighted by molar-refractivity contribution is 0.140. The van der Waals surface area contributed by atoms with Crippen LogP contribution in [-0.4, -0.2) is 22.5 Å². The molecule has 1 saturated heterocycles. The summed E-state index contributed by atoms with van der Waals surface area (Å²) in [6.45, 7) is 2.22. The molecule has 1 N–H and O–H groups in total. The van der Waals surface area contributed by atoms with E-state index < -0.39 is 0 Å². The summed E-state index contributed by atoms with van der Waals surface area (Å²) >= 11 is 0. The highest BCUT2D eigenvalue weighted by atomic mass is 15.2. The molecule has 0 bridgehead atoms. The highest BCUT2D eigenvalue weighted by Gasteiger charge is 2.25. The van der Waals surface area contributed by atoms with Crippen LogP contribution in [0.3, 0.4) is 0 Å². The van der Waals surface area contributed by atoms with E-state index in [1.54, 1.807) is 0 Å². The first kappa shape index (κ1) is 14.7. The number of benzene rings is 1. The maximum absolute atomic E-state index is 4.64. The van der Waals surface area contributed by atoms with E-state index in [0.29, 0.717) is 12.1 Å². The van der Waals surface area contributed by atoms with Crippen LogP contribution in [0.15, 0.2) is 48.7 Å². The van der Waals surface area contributed by atoms with Crippen LogP contribution >= 0.6 is 0 Å². The maximum atomic E-state index is 4.64. The van der Waals surface area contributed by atoms with Crippen LogP contribution in [0.1, 0.15) is 49.3 Å².